The summed E-state index contributed by atoms with van der Waals surface area (Å²) in [6, 6.07) is 0. The zero-order chi connectivity index (χ0) is 16.0. The number of nitrogens with one attached hydrogen (secondary N) is 1. The molecule has 20 heavy (non-hydrogen) atoms. The van der Waals surface area contributed by atoms with E-state index < -0.39 is 11.2 Å². The van der Waals surface area contributed by atoms with Gasteiger partial charge in [-0.15, -0.1) is 0 Å². The fraction of sp³-hybridized carbons (Fsp3) is 0.857. The lowest BCUT2D eigenvalue weighted by molar-refractivity contribution is -0.153. The number of hydrogen-bond acceptors (Lipinski definition) is 5. The van der Waals surface area contributed by atoms with Crippen molar-refractivity contribution >= 4 is 12.1 Å². The molecule has 0 heterocycles. The molecule has 0 aliphatic heterocycles. The lowest BCUT2D eigenvalue weighted by atomic mass is 10.2. The number of nitrogens with zero attached hydrogens (tertiary/aromatic N) is 1. The molecule has 118 valence electrons. The van der Waals surface area contributed by atoms with Gasteiger partial charge in [-0.3, -0.25) is 4.79 Å². The van der Waals surface area contributed by atoms with Gasteiger partial charge in [0, 0.05) is 20.1 Å². The number of ether oxygens (including phenoxy) is 2. The molecule has 0 spiro atoms. The second-order valence-electron chi connectivity index (χ2n) is 6.67. The molecule has 0 aliphatic rings. The maximum Gasteiger partial charge on any atom is 0.410 e. The van der Waals surface area contributed by atoms with Gasteiger partial charge in [0.15, 0.2) is 0 Å². The first-order valence-corrected chi connectivity index (χ1v) is 6.77. The van der Waals surface area contributed by atoms with Crippen molar-refractivity contribution in [3.8, 4) is 0 Å². The van der Waals surface area contributed by atoms with E-state index in [9.17, 15) is 9.59 Å². The Hall–Kier alpha value is -1.30. The number of rotatable bonds is 5. The van der Waals surface area contributed by atoms with E-state index >= 15 is 0 Å². The number of carbonyl (C=O) groups excluding carboxylic acids is 2. The lowest BCUT2D eigenvalue weighted by Crippen LogP contribution is -2.39. The molecular formula is C14H28N2O4. The Labute approximate surface area is 121 Å². The molecule has 1 N–H and O–H groups in total. The van der Waals surface area contributed by atoms with Crippen molar-refractivity contribution in [3.05, 3.63) is 0 Å². The van der Waals surface area contributed by atoms with Crippen LogP contribution in [0, 0.1) is 0 Å². The summed E-state index contributed by atoms with van der Waals surface area (Å²) in [5.74, 6) is -0.308. The minimum Gasteiger partial charge on any atom is -0.459 e. The summed E-state index contributed by atoms with van der Waals surface area (Å²) in [7, 11) is 1.66. The zero-order valence-electron chi connectivity index (χ0n) is 13.7. The highest BCUT2D eigenvalue weighted by Crippen LogP contribution is 2.08. The van der Waals surface area contributed by atoms with Gasteiger partial charge in [0.2, 0.25) is 0 Å². The molecule has 6 heteroatoms. The fourth-order valence-electron chi connectivity index (χ4n) is 1.25. The van der Waals surface area contributed by atoms with E-state index in [-0.39, 0.29) is 18.6 Å². The van der Waals surface area contributed by atoms with Crippen LogP contribution in [0.1, 0.15) is 41.5 Å². The summed E-state index contributed by atoms with van der Waals surface area (Å²) in [6.45, 7) is 12.0. The van der Waals surface area contributed by atoms with Crippen molar-refractivity contribution in [2.24, 2.45) is 0 Å². The molecule has 0 aromatic carbocycles. The van der Waals surface area contributed by atoms with Gasteiger partial charge in [-0.2, -0.15) is 0 Å². The van der Waals surface area contributed by atoms with Crippen LogP contribution in [0.5, 0.6) is 0 Å². The summed E-state index contributed by atoms with van der Waals surface area (Å²) in [6.07, 6.45) is -0.378. The molecule has 0 radical (unpaired) electrons. The third-order valence-electron chi connectivity index (χ3n) is 2.02. The third kappa shape index (κ3) is 10.6. The minimum atomic E-state index is -0.505. The Kier molecular flexibility index (Phi) is 6.99. The smallest absolute Gasteiger partial charge is 0.410 e. The first kappa shape index (κ1) is 18.7. The molecule has 0 unspecified atom stereocenters. The molecule has 0 rings (SSSR count). The normalized spacial score (nSPS) is 11.9. The van der Waals surface area contributed by atoms with Crippen molar-refractivity contribution < 1.29 is 19.1 Å². The van der Waals surface area contributed by atoms with E-state index in [1.165, 1.54) is 4.90 Å². The number of likely N-dealkylation sites (N-methyl/N-ethyl adjacent to an activating group) is 1. The van der Waals surface area contributed by atoms with Gasteiger partial charge in [0.25, 0.3) is 0 Å². The van der Waals surface area contributed by atoms with E-state index in [0.29, 0.717) is 13.1 Å². The molecule has 0 atom stereocenters. The summed E-state index contributed by atoms with van der Waals surface area (Å²) < 4.78 is 10.4. The third-order valence-corrected chi connectivity index (χ3v) is 2.02. The molecular weight excluding hydrogens is 260 g/mol. The predicted molar refractivity (Wildman–Crippen MR) is 77.6 cm³/mol. The molecule has 0 bridgehead atoms. The molecule has 0 fully saturated rings. The van der Waals surface area contributed by atoms with Crippen molar-refractivity contribution in [3.63, 3.8) is 0 Å². The zero-order valence-corrected chi connectivity index (χ0v) is 13.7. The fourth-order valence-corrected chi connectivity index (χ4v) is 1.25. The second-order valence-corrected chi connectivity index (χ2v) is 6.67. The Balaban J connectivity index is 3.85. The van der Waals surface area contributed by atoms with E-state index in [1.54, 1.807) is 7.05 Å². The van der Waals surface area contributed by atoms with Crippen molar-refractivity contribution in [2.45, 2.75) is 52.7 Å². The van der Waals surface area contributed by atoms with E-state index in [4.69, 9.17) is 9.47 Å². The highest BCUT2D eigenvalue weighted by molar-refractivity contribution is 5.72. The van der Waals surface area contributed by atoms with Gasteiger partial charge in [0.05, 0.1) is 6.54 Å². The number of carbonyl (C=O) groups is 2. The van der Waals surface area contributed by atoms with Crippen LogP contribution in [0.4, 0.5) is 4.79 Å². The van der Waals surface area contributed by atoms with Gasteiger partial charge < -0.3 is 19.7 Å². The summed E-state index contributed by atoms with van der Waals surface area (Å²) in [5, 5.41) is 2.93. The predicted octanol–water partition coefficient (Wildman–Crippen LogP) is 1.78. The van der Waals surface area contributed by atoms with Crippen LogP contribution in [0.15, 0.2) is 0 Å². The Morgan fingerprint density at radius 1 is 1.00 bits per heavy atom. The molecule has 0 aromatic heterocycles. The van der Waals surface area contributed by atoms with Crippen LogP contribution in [-0.2, 0) is 14.3 Å². The largest absolute Gasteiger partial charge is 0.459 e. The van der Waals surface area contributed by atoms with Crippen LogP contribution in [0.3, 0.4) is 0 Å². The maximum atomic E-state index is 11.7. The molecule has 0 aliphatic carbocycles. The Morgan fingerprint density at radius 3 is 1.95 bits per heavy atom. The average molecular weight is 288 g/mol. The van der Waals surface area contributed by atoms with Gasteiger partial charge in [-0.25, -0.2) is 4.79 Å². The van der Waals surface area contributed by atoms with Crippen LogP contribution in [-0.4, -0.2) is 54.8 Å². The summed E-state index contributed by atoms with van der Waals surface area (Å²) >= 11 is 0. The van der Waals surface area contributed by atoms with Gasteiger partial charge in [-0.05, 0) is 41.5 Å². The van der Waals surface area contributed by atoms with Gasteiger partial charge >= 0.3 is 12.1 Å². The number of esters is 1. The molecule has 1 amide bonds. The van der Waals surface area contributed by atoms with Gasteiger partial charge in [-0.1, -0.05) is 0 Å². The van der Waals surface area contributed by atoms with Gasteiger partial charge in [0.1, 0.15) is 11.2 Å². The SMILES string of the molecule is CN(CCNCC(=O)OC(C)(C)C)C(=O)OC(C)(C)C. The Bertz CT molecular complexity index is 329. The topological polar surface area (TPSA) is 67.9 Å². The van der Waals surface area contributed by atoms with Crippen molar-refractivity contribution in [1.29, 1.82) is 0 Å². The van der Waals surface area contributed by atoms with Crippen LogP contribution in [0.2, 0.25) is 0 Å². The summed E-state index contributed by atoms with van der Waals surface area (Å²) in [5.41, 5.74) is -0.985. The first-order chi connectivity index (χ1) is 8.91. The number of amides is 1. The maximum absolute atomic E-state index is 11.7. The van der Waals surface area contributed by atoms with E-state index in [1.807, 2.05) is 41.5 Å². The molecule has 6 nitrogen and oxygen atoms in total. The summed E-state index contributed by atoms with van der Waals surface area (Å²) in [4.78, 5) is 24.6. The molecule has 0 saturated heterocycles. The van der Waals surface area contributed by atoms with Crippen LogP contribution >= 0.6 is 0 Å². The average Bonchev–Trinajstić information content (AvgIpc) is 2.18. The highest BCUT2D eigenvalue weighted by Gasteiger charge is 2.19. The second kappa shape index (κ2) is 7.47. The highest BCUT2D eigenvalue weighted by atomic mass is 16.6. The number of hydrogen-bond donors (Lipinski definition) is 1. The van der Waals surface area contributed by atoms with Crippen LogP contribution < -0.4 is 5.32 Å². The first-order valence-electron chi connectivity index (χ1n) is 6.77. The monoisotopic (exact) mass is 288 g/mol. The van der Waals surface area contributed by atoms with E-state index in [0.717, 1.165) is 0 Å². The lowest BCUT2D eigenvalue weighted by Gasteiger charge is -2.24. The standard InChI is InChI=1S/C14H28N2O4/c1-13(2,3)19-11(17)10-15-8-9-16(7)12(18)20-14(4,5)6/h15H,8-10H2,1-7H3. The Morgan fingerprint density at radius 2 is 1.50 bits per heavy atom. The van der Waals surface area contributed by atoms with Crippen molar-refractivity contribution in [2.75, 3.05) is 26.7 Å². The molecule has 0 aromatic rings. The van der Waals surface area contributed by atoms with E-state index in [2.05, 4.69) is 5.32 Å². The van der Waals surface area contributed by atoms with Crippen molar-refractivity contribution in [1.82, 2.24) is 10.2 Å². The molecule has 0 saturated carbocycles. The van der Waals surface area contributed by atoms with Crippen LogP contribution in [0.25, 0.3) is 0 Å². The quantitative estimate of drug-likeness (QED) is 0.617. The minimum absolute atomic E-state index is 0.124.